The van der Waals surface area contributed by atoms with Gasteiger partial charge in [-0.15, -0.1) is 0 Å². The van der Waals surface area contributed by atoms with E-state index in [1.807, 2.05) is 0 Å². The number of amides is 1. The Kier molecular flexibility index (Phi) is 6.49. The maximum absolute atomic E-state index is 12.3. The van der Waals surface area contributed by atoms with Crippen LogP contribution in [0.2, 0.25) is 5.02 Å². The van der Waals surface area contributed by atoms with Crippen LogP contribution in [0.15, 0.2) is 66.2 Å². The minimum Gasteiger partial charge on any atom is -0.493 e. The van der Waals surface area contributed by atoms with Crippen molar-refractivity contribution in [2.75, 3.05) is 7.11 Å². The Morgan fingerprint density at radius 1 is 1.10 bits per heavy atom. The molecule has 9 heteroatoms. The molecule has 0 aliphatic carbocycles. The summed E-state index contributed by atoms with van der Waals surface area (Å²) in [6, 6.07) is 11.2. The molecule has 1 heterocycles. The Morgan fingerprint density at radius 2 is 1.90 bits per heavy atom. The molecule has 1 aromatic heterocycles. The predicted octanol–water partition coefficient (Wildman–Crippen LogP) is 3.12. The van der Waals surface area contributed by atoms with Crippen molar-refractivity contribution >= 4 is 29.7 Å². The molecule has 1 N–H and O–H groups in total. The maximum atomic E-state index is 12.3. The van der Waals surface area contributed by atoms with Gasteiger partial charge in [0.05, 0.1) is 25.1 Å². The number of nitrogens with zero attached hydrogens (tertiary/aromatic N) is 3. The first-order valence-electron chi connectivity index (χ1n) is 8.32. The van der Waals surface area contributed by atoms with Crippen LogP contribution in [0.4, 0.5) is 0 Å². The summed E-state index contributed by atoms with van der Waals surface area (Å²) in [5, 5.41) is 4.39. The van der Waals surface area contributed by atoms with Crippen molar-refractivity contribution in [2.45, 2.75) is 0 Å². The van der Waals surface area contributed by atoms with Crippen LogP contribution >= 0.6 is 11.6 Å². The highest BCUT2D eigenvalue weighted by Crippen LogP contribution is 2.28. The van der Waals surface area contributed by atoms with Gasteiger partial charge in [-0.1, -0.05) is 11.6 Å². The van der Waals surface area contributed by atoms with Gasteiger partial charge in [0.15, 0.2) is 11.5 Å². The minimum absolute atomic E-state index is 0.145. The number of benzene rings is 2. The van der Waals surface area contributed by atoms with Crippen LogP contribution in [-0.4, -0.2) is 35.2 Å². The van der Waals surface area contributed by atoms with Crippen molar-refractivity contribution in [3.05, 3.63) is 82.9 Å². The van der Waals surface area contributed by atoms with Gasteiger partial charge in [-0.2, -0.15) is 5.10 Å². The number of hydrogen-bond donors (Lipinski definition) is 1. The number of halogens is 1. The number of hydrazone groups is 1. The largest absolute Gasteiger partial charge is 0.493 e. The number of nitrogens with one attached hydrogen (secondary N) is 1. The van der Waals surface area contributed by atoms with Crippen molar-refractivity contribution in [1.29, 1.82) is 0 Å². The van der Waals surface area contributed by atoms with E-state index in [9.17, 15) is 9.59 Å². The standard InChI is InChI=1S/C20H15ClN4O4/c1-28-18-10-13(11-24-25-19(26)16-12-22-8-9-23-16)2-7-17(18)29-20(27)14-3-5-15(21)6-4-14/h2-12H,1H3,(H,25,26)/b24-11+. The van der Waals surface area contributed by atoms with Gasteiger partial charge in [-0.3, -0.25) is 9.78 Å². The summed E-state index contributed by atoms with van der Waals surface area (Å²) in [7, 11) is 1.45. The zero-order chi connectivity index (χ0) is 20.6. The molecule has 0 saturated heterocycles. The van der Waals surface area contributed by atoms with E-state index in [2.05, 4.69) is 20.5 Å². The van der Waals surface area contributed by atoms with E-state index < -0.39 is 11.9 Å². The third-order valence-corrected chi connectivity index (χ3v) is 3.90. The Labute approximate surface area is 171 Å². The third-order valence-electron chi connectivity index (χ3n) is 3.65. The lowest BCUT2D eigenvalue weighted by molar-refractivity contribution is 0.0729. The van der Waals surface area contributed by atoms with Gasteiger partial charge in [0.2, 0.25) is 0 Å². The van der Waals surface area contributed by atoms with Gasteiger partial charge in [-0.25, -0.2) is 15.2 Å². The highest BCUT2D eigenvalue weighted by Gasteiger charge is 2.13. The number of rotatable bonds is 6. The van der Waals surface area contributed by atoms with Gasteiger partial charge in [0, 0.05) is 17.4 Å². The van der Waals surface area contributed by atoms with Crippen LogP contribution < -0.4 is 14.9 Å². The van der Waals surface area contributed by atoms with E-state index in [1.165, 1.54) is 31.9 Å². The topological polar surface area (TPSA) is 103 Å². The summed E-state index contributed by atoms with van der Waals surface area (Å²) in [6.07, 6.45) is 5.63. The van der Waals surface area contributed by atoms with Gasteiger partial charge in [0.1, 0.15) is 5.69 Å². The summed E-state index contributed by atoms with van der Waals surface area (Å²) in [4.78, 5) is 31.8. The van der Waals surface area contributed by atoms with E-state index in [0.717, 1.165) is 0 Å². The molecule has 146 valence electrons. The molecule has 0 spiro atoms. The fourth-order valence-corrected chi connectivity index (χ4v) is 2.36. The number of aromatic nitrogens is 2. The first-order chi connectivity index (χ1) is 14.1. The normalized spacial score (nSPS) is 10.6. The maximum Gasteiger partial charge on any atom is 0.343 e. The second-order valence-electron chi connectivity index (χ2n) is 5.60. The monoisotopic (exact) mass is 410 g/mol. The smallest absolute Gasteiger partial charge is 0.343 e. The Hall–Kier alpha value is -3.78. The lowest BCUT2D eigenvalue weighted by Gasteiger charge is -2.10. The average molecular weight is 411 g/mol. The number of hydrogen-bond acceptors (Lipinski definition) is 7. The van der Waals surface area contributed by atoms with Gasteiger partial charge >= 0.3 is 5.97 Å². The summed E-state index contributed by atoms with van der Waals surface area (Å²) >= 11 is 5.82. The molecule has 0 aliphatic heterocycles. The van der Waals surface area contributed by atoms with Crippen LogP contribution in [0.3, 0.4) is 0 Å². The molecular formula is C20H15ClN4O4. The molecule has 0 unspecified atom stereocenters. The number of carbonyl (C=O) groups is 2. The van der Waals surface area contributed by atoms with Crippen molar-refractivity contribution in [1.82, 2.24) is 15.4 Å². The quantitative estimate of drug-likeness (QED) is 0.290. The molecule has 0 saturated carbocycles. The first kappa shape index (κ1) is 20.0. The van der Waals surface area contributed by atoms with Gasteiger partial charge in [-0.05, 0) is 48.0 Å². The van der Waals surface area contributed by atoms with E-state index in [1.54, 1.807) is 42.5 Å². The Balaban J connectivity index is 1.67. The average Bonchev–Trinajstić information content (AvgIpc) is 2.75. The number of carbonyl (C=O) groups excluding carboxylic acids is 2. The molecule has 0 aliphatic rings. The van der Waals surface area contributed by atoms with E-state index in [-0.39, 0.29) is 11.4 Å². The minimum atomic E-state index is -0.544. The molecule has 0 radical (unpaired) electrons. The Bertz CT molecular complexity index is 1040. The van der Waals surface area contributed by atoms with Gasteiger partial charge < -0.3 is 9.47 Å². The summed E-state index contributed by atoms with van der Waals surface area (Å²) in [5.74, 6) is -0.461. The van der Waals surface area contributed by atoms with Crippen LogP contribution in [0.25, 0.3) is 0 Å². The molecule has 0 fully saturated rings. The molecule has 2 aromatic carbocycles. The van der Waals surface area contributed by atoms with E-state index in [4.69, 9.17) is 21.1 Å². The highest BCUT2D eigenvalue weighted by atomic mass is 35.5. The Morgan fingerprint density at radius 3 is 2.59 bits per heavy atom. The predicted molar refractivity (Wildman–Crippen MR) is 106 cm³/mol. The molecule has 3 aromatic rings. The highest BCUT2D eigenvalue weighted by molar-refractivity contribution is 6.30. The molecule has 0 bridgehead atoms. The van der Waals surface area contributed by atoms with Crippen molar-refractivity contribution in [2.24, 2.45) is 5.10 Å². The second kappa shape index (κ2) is 9.43. The molecular weight excluding hydrogens is 396 g/mol. The van der Waals surface area contributed by atoms with E-state index in [0.29, 0.717) is 21.9 Å². The number of ether oxygens (including phenoxy) is 2. The first-order valence-corrected chi connectivity index (χ1v) is 8.70. The fraction of sp³-hybridized carbons (Fsp3) is 0.0500. The summed E-state index contributed by atoms with van der Waals surface area (Å²) in [6.45, 7) is 0. The fourth-order valence-electron chi connectivity index (χ4n) is 2.23. The summed E-state index contributed by atoms with van der Waals surface area (Å²) in [5.41, 5.74) is 3.47. The van der Waals surface area contributed by atoms with Crippen LogP contribution in [-0.2, 0) is 0 Å². The lowest BCUT2D eigenvalue weighted by atomic mass is 10.2. The van der Waals surface area contributed by atoms with Crippen molar-refractivity contribution in [3.63, 3.8) is 0 Å². The lowest BCUT2D eigenvalue weighted by Crippen LogP contribution is -2.19. The molecule has 8 nitrogen and oxygen atoms in total. The molecule has 1 amide bonds. The SMILES string of the molecule is COc1cc(/C=N/NC(=O)c2cnccn2)ccc1OC(=O)c1ccc(Cl)cc1. The molecule has 29 heavy (non-hydrogen) atoms. The van der Waals surface area contributed by atoms with Crippen LogP contribution in [0.1, 0.15) is 26.4 Å². The molecule has 3 rings (SSSR count). The number of esters is 1. The van der Waals surface area contributed by atoms with E-state index >= 15 is 0 Å². The number of methoxy groups -OCH3 is 1. The van der Waals surface area contributed by atoms with Crippen molar-refractivity contribution < 1.29 is 19.1 Å². The zero-order valence-corrected chi connectivity index (χ0v) is 16.0. The summed E-state index contributed by atoms with van der Waals surface area (Å²) < 4.78 is 10.7. The second-order valence-corrected chi connectivity index (χ2v) is 6.03. The zero-order valence-electron chi connectivity index (χ0n) is 15.2. The van der Waals surface area contributed by atoms with Crippen LogP contribution in [0, 0.1) is 0 Å². The third kappa shape index (κ3) is 5.36. The van der Waals surface area contributed by atoms with Crippen LogP contribution in [0.5, 0.6) is 11.5 Å². The molecule has 0 atom stereocenters. The van der Waals surface area contributed by atoms with Crippen molar-refractivity contribution in [3.8, 4) is 11.5 Å². The van der Waals surface area contributed by atoms with Gasteiger partial charge in [0.25, 0.3) is 5.91 Å².